The summed E-state index contributed by atoms with van der Waals surface area (Å²) >= 11 is 0. The Balaban J connectivity index is 1.62. The first-order valence-corrected chi connectivity index (χ1v) is 8.71. The largest absolute Gasteiger partial charge is 0.350 e. The molecule has 3 aliphatic rings. The van der Waals surface area contributed by atoms with Crippen LogP contribution in [0.25, 0.3) is 0 Å². The Hall–Kier alpha value is -0.0800. The van der Waals surface area contributed by atoms with Crippen molar-refractivity contribution >= 4 is 0 Å². The van der Waals surface area contributed by atoms with Gasteiger partial charge in [0.2, 0.25) is 0 Å². The molecule has 1 aliphatic heterocycles. The highest BCUT2D eigenvalue weighted by Crippen LogP contribution is 2.71. The van der Waals surface area contributed by atoms with E-state index in [0.717, 1.165) is 24.7 Å². The maximum absolute atomic E-state index is 6.39. The highest BCUT2D eigenvalue weighted by Gasteiger charge is 2.69. The van der Waals surface area contributed by atoms with Gasteiger partial charge >= 0.3 is 0 Å². The first-order valence-electron chi connectivity index (χ1n) is 8.71. The second-order valence-corrected chi connectivity index (χ2v) is 8.26. The van der Waals surface area contributed by atoms with Crippen molar-refractivity contribution in [2.75, 3.05) is 0 Å². The van der Waals surface area contributed by atoms with E-state index in [-0.39, 0.29) is 6.29 Å². The summed E-state index contributed by atoms with van der Waals surface area (Å²) < 4.78 is 12.6. The van der Waals surface area contributed by atoms with Crippen molar-refractivity contribution in [2.24, 2.45) is 22.7 Å². The summed E-state index contributed by atoms with van der Waals surface area (Å²) in [7, 11) is 0. The lowest BCUT2D eigenvalue weighted by molar-refractivity contribution is -0.183. The maximum atomic E-state index is 6.39. The summed E-state index contributed by atoms with van der Waals surface area (Å²) in [4.78, 5) is 0. The second kappa shape index (κ2) is 4.98. The van der Waals surface area contributed by atoms with E-state index in [0.29, 0.717) is 23.0 Å². The van der Waals surface area contributed by atoms with Crippen molar-refractivity contribution in [1.82, 2.24) is 0 Å². The van der Waals surface area contributed by atoms with Crippen molar-refractivity contribution < 1.29 is 9.47 Å². The third-order valence-corrected chi connectivity index (χ3v) is 7.02. The Morgan fingerprint density at radius 1 is 1.30 bits per heavy atom. The van der Waals surface area contributed by atoms with Gasteiger partial charge in [-0.2, -0.15) is 0 Å². The van der Waals surface area contributed by atoms with Gasteiger partial charge in [0.05, 0.1) is 12.2 Å². The third-order valence-electron chi connectivity index (χ3n) is 7.02. The Morgan fingerprint density at radius 2 is 2.05 bits per heavy atom. The Labute approximate surface area is 124 Å². The fourth-order valence-electron chi connectivity index (χ4n) is 5.39. The predicted octanol–water partition coefficient (Wildman–Crippen LogP) is 4.77. The van der Waals surface area contributed by atoms with Crippen LogP contribution in [0.15, 0.2) is 0 Å². The molecule has 116 valence electrons. The molecule has 2 aliphatic carbocycles. The van der Waals surface area contributed by atoms with Crippen LogP contribution < -0.4 is 0 Å². The molecule has 0 N–H and O–H groups in total. The standard InChI is InChI=1S/C18H32O2/c1-6-7-8-12(2)19-15-11-13-14-9-10-18(5,16(13)20-15)17(14,3)4/h12-16H,6-11H2,1-5H3/t12-,13+,14-,15+,16+,18+/m1/s1. The molecule has 0 spiro atoms. The molecule has 1 heterocycles. The van der Waals surface area contributed by atoms with Gasteiger partial charge < -0.3 is 9.47 Å². The highest BCUT2D eigenvalue weighted by molar-refractivity contribution is 5.16. The molecule has 0 radical (unpaired) electrons. The monoisotopic (exact) mass is 280 g/mol. The van der Waals surface area contributed by atoms with Crippen LogP contribution in [0.5, 0.6) is 0 Å². The van der Waals surface area contributed by atoms with Gasteiger partial charge in [0.25, 0.3) is 0 Å². The SMILES string of the molecule is CCCC[C@@H](C)O[C@@H]1C[C@H]2[C@H]3CC[C@@](C)([C@H]2O1)C3(C)C. The molecule has 1 saturated heterocycles. The molecule has 2 saturated carbocycles. The first-order chi connectivity index (χ1) is 9.40. The van der Waals surface area contributed by atoms with Gasteiger partial charge in [0.15, 0.2) is 6.29 Å². The molecule has 2 nitrogen and oxygen atoms in total. The minimum atomic E-state index is 0.0629. The van der Waals surface area contributed by atoms with Crippen LogP contribution in [-0.4, -0.2) is 18.5 Å². The second-order valence-electron chi connectivity index (χ2n) is 8.26. The van der Waals surface area contributed by atoms with Gasteiger partial charge in [0, 0.05) is 6.42 Å². The van der Waals surface area contributed by atoms with Crippen molar-refractivity contribution in [1.29, 1.82) is 0 Å². The van der Waals surface area contributed by atoms with Gasteiger partial charge in [-0.1, -0.05) is 40.5 Å². The molecule has 2 heteroatoms. The van der Waals surface area contributed by atoms with E-state index in [4.69, 9.17) is 9.47 Å². The van der Waals surface area contributed by atoms with Crippen LogP contribution in [0.1, 0.15) is 73.1 Å². The lowest BCUT2D eigenvalue weighted by Crippen LogP contribution is -2.38. The number of rotatable bonds is 5. The summed E-state index contributed by atoms with van der Waals surface area (Å²) in [5, 5.41) is 0. The molecule has 0 amide bonds. The summed E-state index contributed by atoms with van der Waals surface area (Å²) in [5.41, 5.74) is 0.814. The number of fused-ring (bicyclic) bond motifs is 5. The lowest BCUT2D eigenvalue weighted by Gasteiger charge is -2.38. The summed E-state index contributed by atoms with van der Waals surface area (Å²) in [5.74, 6) is 1.59. The molecule has 0 aromatic carbocycles. The van der Waals surface area contributed by atoms with Crippen LogP contribution in [0.3, 0.4) is 0 Å². The van der Waals surface area contributed by atoms with E-state index in [1.54, 1.807) is 0 Å². The average Bonchev–Trinajstić information content (AvgIpc) is 2.93. The normalized spacial score (nSPS) is 46.6. The maximum Gasteiger partial charge on any atom is 0.158 e. The summed E-state index contributed by atoms with van der Waals surface area (Å²) in [6, 6.07) is 0. The zero-order valence-electron chi connectivity index (χ0n) is 13.9. The molecule has 6 atom stereocenters. The zero-order valence-corrected chi connectivity index (χ0v) is 13.9. The Bertz CT molecular complexity index is 364. The molecule has 0 unspecified atom stereocenters. The number of hydrogen-bond donors (Lipinski definition) is 0. The number of hydrogen-bond acceptors (Lipinski definition) is 2. The molecule has 0 aromatic heterocycles. The van der Waals surface area contributed by atoms with Gasteiger partial charge in [-0.25, -0.2) is 0 Å². The minimum absolute atomic E-state index is 0.0629. The minimum Gasteiger partial charge on any atom is -0.350 e. The van der Waals surface area contributed by atoms with E-state index in [1.165, 1.54) is 25.7 Å². The molecule has 20 heavy (non-hydrogen) atoms. The lowest BCUT2D eigenvalue weighted by atomic mass is 9.70. The van der Waals surface area contributed by atoms with E-state index < -0.39 is 0 Å². The molecule has 2 bridgehead atoms. The molecular formula is C18H32O2. The average molecular weight is 280 g/mol. The summed E-state index contributed by atoms with van der Waals surface area (Å²) in [6.45, 7) is 11.8. The van der Waals surface area contributed by atoms with Crippen LogP contribution in [0.2, 0.25) is 0 Å². The Morgan fingerprint density at radius 3 is 2.70 bits per heavy atom. The molecule has 0 aromatic rings. The van der Waals surface area contributed by atoms with Crippen molar-refractivity contribution in [3.63, 3.8) is 0 Å². The quantitative estimate of drug-likeness (QED) is 0.722. The van der Waals surface area contributed by atoms with Gasteiger partial charge in [-0.15, -0.1) is 0 Å². The van der Waals surface area contributed by atoms with E-state index in [1.807, 2.05) is 0 Å². The smallest absolute Gasteiger partial charge is 0.158 e. The number of unbranched alkanes of at least 4 members (excludes halogenated alkanes) is 1. The fraction of sp³-hybridized carbons (Fsp3) is 1.00. The van der Waals surface area contributed by atoms with Crippen molar-refractivity contribution in [3.05, 3.63) is 0 Å². The van der Waals surface area contributed by atoms with E-state index in [2.05, 4.69) is 34.6 Å². The van der Waals surface area contributed by atoms with Crippen molar-refractivity contribution in [2.45, 2.75) is 91.6 Å². The van der Waals surface area contributed by atoms with Gasteiger partial charge in [-0.05, 0) is 48.9 Å². The Kier molecular flexibility index (Phi) is 3.70. The number of ether oxygens (including phenoxy) is 2. The first kappa shape index (κ1) is 14.8. The third kappa shape index (κ3) is 1.98. The van der Waals surface area contributed by atoms with E-state index >= 15 is 0 Å². The molecule has 3 fully saturated rings. The zero-order chi connectivity index (χ0) is 14.5. The fourth-order valence-corrected chi connectivity index (χ4v) is 5.39. The van der Waals surface area contributed by atoms with Crippen LogP contribution >= 0.6 is 0 Å². The van der Waals surface area contributed by atoms with Gasteiger partial charge in [0.1, 0.15) is 0 Å². The predicted molar refractivity (Wildman–Crippen MR) is 81.5 cm³/mol. The summed E-state index contributed by atoms with van der Waals surface area (Å²) in [6.07, 6.45) is 8.39. The van der Waals surface area contributed by atoms with Crippen molar-refractivity contribution in [3.8, 4) is 0 Å². The topological polar surface area (TPSA) is 18.5 Å². The van der Waals surface area contributed by atoms with Crippen LogP contribution in [0.4, 0.5) is 0 Å². The highest BCUT2D eigenvalue weighted by atomic mass is 16.7. The van der Waals surface area contributed by atoms with E-state index in [9.17, 15) is 0 Å². The van der Waals surface area contributed by atoms with Gasteiger partial charge in [-0.3, -0.25) is 0 Å². The van der Waals surface area contributed by atoms with Crippen LogP contribution in [-0.2, 0) is 9.47 Å². The molecular weight excluding hydrogens is 248 g/mol. The molecule has 3 rings (SSSR count). The van der Waals surface area contributed by atoms with Crippen LogP contribution in [0, 0.1) is 22.7 Å².